The van der Waals surface area contributed by atoms with Gasteiger partial charge in [0.25, 0.3) is 0 Å². The molecule has 2 rings (SSSR count). The van der Waals surface area contributed by atoms with Gasteiger partial charge >= 0.3 is 0 Å². The van der Waals surface area contributed by atoms with E-state index in [-0.39, 0.29) is 6.04 Å². The van der Waals surface area contributed by atoms with Gasteiger partial charge in [-0.2, -0.15) is 5.10 Å². The maximum absolute atomic E-state index is 6.39. The zero-order valence-electron chi connectivity index (χ0n) is 13.2. The van der Waals surface area contributed by atoms with Crippen molar-refractivity contribution in [1.82, 2.24) is 20.1 Å². The normalized spacial score (nSPS) is 12.6. The molecule has 1 unspecified atom stereocenters. The molecule has 114 valence electrons. The minimum atomic E-state index is 0.0419. The number of nitrogens with one attached hydrogen (secondary N) is 1. The lowest BCUT2D eigenvalue weighted by molar-refractivity contribution is 0.529. The second-order valence-electron chi connectivity index (χ2n) is 5.26. The van der Waals surface area contributed by atoms with E-state index in [9.17, 15) is 0 Å². The average molecular weight is 307 g/mol. The van der Waals surface area contributed by atoms with E-state index in [4.69, 9.17) is 11.6 Å². The Bertz CT molecular complexity index is 586. The Morgan fingerprint density at radius 3 is 2.48 bits per heavy atom. The summed E-state index contributed by atoms with van der Waals surface area (Å²) in [6.07, 6.45) is 2.79. The second kappa shape index (κ2) is 7.05. The summed E-state index contributed by atoms with van der Waals surface area (Å²) in [6, 6.07) is 4.27. The van der Waals surface area contributed by atoms with Crippen LogP contribution in [0.2, 0.25) is 5.02 Å². The van der Waals surface area contributed by atoms with Crippen molar-refractivity contribution in [2.75, 3.05) is 6.54 Å². The fraction of sp³-hybridized carbons (Fsp3) is 0.500. The van der Waals surface area contributed by atoms with Crippen LogP contribution in [0.15, 0.2) is 18.3 Å². The monoisotopic (exact) mass is 306 g/mol. The third kappa shape index (κ3) is 3.63. The number of pyridine rings is 1. The van der Waals surface area contributed by atoms with Gasteiger partial charge in [-0.25, -0.2) is 0 Å². The molecule has 0 aliphatic carbocycles. The van der Waals surface area contributed by atoms with E-state index in [0.29, 0.717) is 5.02 Å². The lowest BCUT2D eigenvalue weighted by Gasteiger charge is -2.21. The van der Waals surface area contributed by atoms with E-state index in [1.54, 1.807) is 6.20 Å². The van der Waals surface area contributed by atoms with Crippen molar-refractivity contribution in [3.63, 3.8) is 0 Å². The van der Waals surface area contributed by atoms with Gasteiger partial charge in [0.05, 0.1) is 23.0 Å². The van der Waals surface area contributed by atoms with Crippen LogP contribution in [-0.4, -0.2) is 21.3 Å². The van der Waals surface area contributed by atoms with Crippen LogP contribution in [0.25, 0.3) is 0 Å². The first-order valence-electron chi connectivity index (χ1n) is 7.46. The van der Waals surface area contributed by atoms with Gasteiger partial charge in [-0.15, -0.1) is 0 Å². The van der Waals surface area contributed by atoms with Crippen LogP contribution < -0.4 is 5.32 Å². The Hall–Kier alpha value is -1.39. The summed E-state index contributed by atoms with van der Waals surface area (Å²) >= 11 is 6.39. The Kier molecular flexibility index (Phi) is 5.37. The molecule has 0 bridgehead atoms. The van der Waals surface area contributed by atoms with Crippen LogP contribution in [0, 0.1) is 13.8 Å². The van der Waals surface area contributed by atoms with Gasteiger partial charge in [0, 0.05) is 17.9 Å². The molecule has 5 heteroatoms. The SMILES string of the molecule is CCCNC(c1cc(C)nc(C)c1)c1c(Cl)cnn1CC. The van der Waals surface area contributed by atoms with Crippen molar-refractivity contribution < 1.29 is 0 Å². The van der Waals surface area contributed by atoms with Gasteiger partial charge in [0.2, 0.25) is 0 Å². The molecule has 4 nitrogen and oxygen atoms in total. The van der Waals surface area contributed by atoms with Gasteiger partial charge in [0.15, 0.2) is 0 Å². The lowest BCUT2D eigenvalue weighted by atomic mass is 10.0. The van der Waals surface area contributed by atoms with E-state index in [1.165, 1.54) is 5.56 Å². The average Bonchev–Trinajstić information content (AvgIpc) is 2.80. The Labute approximate surface area is 131 Å². The number of aromatic nitrogens is 3. The number of rotatable bonds is 6. The maximum Gasteiger partial charge on any atom is 0.0837 e. The molecule has 0 aromatic carbocycles. The Morgan fingerprint density at radius 2 is 1.90 bits per heavy atom. The molecule has 2 aromatic rings. The molecule has 0 spiro atoms. The number of aryl methyl sites for hydroxylation is 3. The molecule has 0 aliphatic rings. The van der Waals surface area contributed by atoms with E-state index in [2.05, 4.69) is 41.4 Å². The summed E-state index contributed by atoms with van der Waals surface area (Å²) in [7, 11) is 0. The molecule has 0 saturated carbocycles. The molecular formula is C16H23ClN4. The smallest absolute Gasteiger partial charge is 0.0837 e. The molecule has 0 saturated heterocycles. The summed E-state index contributed by atoms with van der Waals surface area (Å²) in [5.41, 5.74) is 4.25. The minimum absolute atomic E-state index is 0.0419. The van der Waals surface area contributed by atoms with Crippen LogP contribution in [0.4, 0.5) is 0 Å². The fourth-order valence-electron chi connectivity index (χ4n) is 2.61. The van der Waals surface area contributed by atoms with Crippen LogP contribution in [0.1, 0.15) is 49.0 Å². The molecule has 2 aromatic heterocycles. The van der Waals surface area contributed by atoms with Gasteiger partial charge in [-0.1, -0.05) is 18.5 Å². The summed E-state index contributed by atoms with van der Waals surface area (Å²) < 4.78 is 1.96. The molecule has 21 heavy (non-hydrogen) atoms. The highest BCUT2D eigenvalue weighted by molar-refractivity contribution is 6.31. The summed E-state index contributed by atoms with van der Waals surface area (Å²) in [5, 5.41) is 8.65. The van der Waals surface area contributed by atoms with Crippen LogP contribution >= 0.6 is 11.6 Å². The highest BCUT2D eigenvalue weighted by Crippen LogP contribution is 2.29. The predicted molar refractivity (Wildman–Crippen MR) is 86.8 cm³/mol. The fourth-order valence-corrected chi connectivity index (χ4v) is 2.86. The first-order chi connectivity index (χ1) is 10.1. The second-order valence-corrected chi connectivity index (χ2v) is 5.67. The molecule has 1 N–H and O–H groups in total. The largest absolute Gasteiger partial charge is 0.305 e. The molecule has 0 aliphatic heterocycles. The molecule has 0 radical (unpaired) electrons. The van der Waals surface area contributed by atoms with Crippen LogP contribution in [-0.2, 0) is 6.54 Å². The Morgan fingerprint density at radius 1 is 1.24 bits per heavy atom. The third-order valence-corrected chi connectivity index (χ3v) is 3.73. The molecule has 1 atom stereocenters. The molecular weight excluding hydrogens is 284 g/mol. The topological polar surface area (TPSA) is 42.7 Å². The van der Waals surface area contributed by atoms with E-state index in [0.717, 1.165) is 36.6 Å². The van der Waals surface area contributed by atoms with E-state index in [1.807, 2.05) is 18.5 Å². The Balaban J connectivity index is 2.49. The lowest BCUT2D eigenvalue weighted by Crippen LogP contribution is -2.26. The van der Waals surface area contributed by atoms with Gasteiger partial charge in [-0.05, 0) is 51.4 Å². The quantitative estimate of drug-likeness (QED) is 0.885. The van der Waals surface area contributed by atoms with Gasteiger partial charge < -0.3 is 5.32 Å². The third-order valence-electron chi connectivity index (χ3n) is 3.44. The van der Waals surface area contributed by atoms with E-state index >= 15 is 0 Å². The number of nitrogens with zero attached hydrogens (tertiary/aromatic N) is 3. The van der Waals surface area contributed by atoms with Gasteiger partial charge in [0.1, 0.15) is 0 Å². The number of halogens is 1. The molecule has 2 heterocycles. The zero-order valence-corrected chi connectivity index (χ0v) is 13.9. The number of hydrogen-bond donors (Lipinski definition) is 1. The van der Waals surface area contributed by atoms with E-state index < -0.39 is 0 Å². The first-order valence-corrected chi connectivity index (χ1v) is 7.84. The van der Waals surface area contributed by atoms with Crippen molar-refractivity contribution in [1.29, 1.82) is 0 Å². The van der Waals surface area contributed by atoms with Crippen LogP contribution in [0.3, 0.4) is 0 Å². The maximum atomic E-state index is 6.39. The van der Waals surface area contributed by atoms with Crippen molar-refractivity contribution in [2.45, 2.75) is 46.7 Å². The van der Waals surface area contributed by atoms with Crippen molar-refractivity contribution in [3.8, 4) is 0 Å². The standard InChI is InChI=1S/C16H23ClN4/c1-5-7-18-15(13-8-11(3)20-12(4)9-13)16-14(17)10-19-21(16)6-2/h8-10,15,18H,5-7H2,1-4H3. The molecule has 0 fully saturated rings. The van der Waals surface area contributed by atoms with Crippen molar-refractivity contribution in [2.24, 2.45) is 0 Å². The molecule has 0 amide bonds. The summed E-state index contributed by atoms with van der Waals surface area (Å²) in [6.45, 7) is 10.0. The van der Waals surface area contributed by atoms with Gasteiger partial charge in [-0.3, -0.25) is 9.67 Å². The zero-order chi connectivity index (χ0) is 15.4. The minimum Gasteiger partial charge on any atom is -0.305 e. The van der Waals surface area contributed by atoms with Crippen molar-refractivity contribution >= 4 is 11.6 Å². The van der Waals surface area contributed by atoms with Crippen molar-refractivity contribution in [3.05, 3.63) is 46.0 Å². The highest BCUT2D eigenvalue weighted by atomic mass is 35.5. The van der Waals surface area contributed by atoms with Crippen LogP contribution in [0.5, 0.6) is 0 Å². The highest BCUT2D eigenvalue weighted by Gasteiger charge is 2.21. The first kappa shape index (κ1) is 16.0. The summed E-state index contributed by atoms with van der Waals surface area (Å²) in [5.74, 6) is 0. The summed E-state index contributed by atoms with van der Waals surface area (Å²) in [4.78, 5) is 4.46. The number of hydrogen-bond acceptors (Lipinski definition) is 3. The predicted octanol–water partition coefficient (Wildman–Crippen LogP) is 3.66.